The molecule has 1 aliphatic heterocycles. The molecule has 3 aromatic carbocycles. The van der Waals surface area contributed by atoms with Crippen LogP contribution in [0, 0.1) is 5.92 Å². The van der Waals surface area contributed by atoms with Crippen LogP contribution in [0.25, 0.3) is 0 Å². The molecular formula is C26H25NO2. The predicted octanol–water partition coefficient (Wildman–Crippen LogP) is 6.10. The third-order valence-corrected chi connectivity index (χ3v) is 6.07. The van der Waals surface area contributed by atoms with Gasteiger partial charge in [-0.2, -0.15) is 0 Å². The van der Waals surface area contributed by atoms with E-state index in [4.69, 9.17) is 9.47 Å². The molecule has 1 N–H and O–H groups in total. The van der Waals surface area contributed by atoms with Gasteiger partial charge in [-0.1, -0.05) is 72.8 Å². The highest BCUT2D eigenvalue weighted by Gasteiger charge is 2.39. The van der Waals surface area contributed by atoms with Gasteiger partial charge in [0.05, 0.1) is 18.8 Å². The van der Waals surface area contributed by atoms with Gasteiger partial charge in [0.15, 0.2) is 0 Å². The first kappa shape index (κ1) is 17.9. The van der Waals surface area contributed by atoms with Crippen molar-refractivity contribution in [2.45, 2.75) is 25.0 Å². The van der Waals surface area contributed by atoms with Crippen LogP contribution in [0.3, 0.4) is 0 Å². The number of fused-ring (bicyclic) bond motifs is 3. The second kappa shape index (κ2) is 7.67. The number of methoxy groups -OCH3 is 1. The highest BCUT2D eigenvalue weighted by Crippen LogP contribution is 2.53. The molecule has 146 valence electrons. The van der Waals surface area contributed by atoms with Crippen LogP contribution in [0.4, 0.5) is 5.69 Å². The number of benzene rings is 3. The Hall–Kier alpha value is -3.20. The first-order chi connectivity index (χ1) is 14.3. The van der Waals surface area contributed by atoms with Crippen molar-refractivity contribution < 1.29 is 9.47 Å². The smallest absolute Gasteiger partial charge is 0.142 e. The quantitative estimate of drug-likeness (QED) is 0.540. The molecule has 3 atom stereocenters. The van der Waals surface area contributed by atoms with Gasteiger partial charge < -0.3 is 14.8 Å². The highest BCUT2D eigenvalue weighted by atomic mass is 16.5. The average Bonchev–Trinajstić information content (AvgIpc) is 3.28. The van der Waals surface area contributed by atoms with Gasteiger partial charge in [-0.25, -0.2) is 0 Å². The number of para-hydroxylation sites is 2. The summed E-state index contributed by atoms with van der Waals surface area (Å²) in [6.07, 6.45) is 5.72. The number of rotatable bonds is 5. The molecule has 0 fully saturated rings. The number of anilines is 1. The second-order valence-corrected chi connectivity index (χ2v) is 7.71. The Labute approximate surface area is 172 Å². The van der Waals surface area contributed by atoms with Crippen molar-refractivity contribution in [1.29, 1.82) is 0 Å². The average molecular weight is 383 g/mol. The molecule has 3 heteroatoms. The van der Waals surface area contributed by atoms with E-state index in [9.17, 15) is 0 Å². The zero-order valence-electron chi connectivity index (χ0n) is 16.5. The van der Waals surface area contributed by atoms with Crippen molar-refractivity contribution in [2.75, 3.05) is 12.4 Å². The Morgan fingerprint density at radius 3 is 2.48 bits per heavy atom. The van der Waals surface area contributed by atoms with Crippen LogP contribution < -0.4 is 14.8 Å². The summed E-state index contributed by atoms with van der Waals surface area (Å²) in [7, 11) is 1.74. The van der Waals surface area contributed by atoms with E-state index in [1.807, 2.05) is 30.3 Å². The molecule has 29 heavy (non-hydrogen) atoms. The molecule has 5 rings (SSSR count). The van der Waals surface area contributed by atoms with Gasteiger partial charge in [-0.3, -0.25) is 0 Å². The van der Waals surface area contributed by atoms with Crippen LogP contribution in [0.15, 0.2) is 84.9 Å². The number of allylic oxidation sites excluding steroid dienone is 2. The Kier molecular flexibility index (Phi) is 4.73. The fourth-order valence-corrected chi connectivity index (χ4v) is 4.67. The van der Waals surface area contributed by atoms with Gasteiger partial charge in [-0.05, 0) is 35.6 Å². The molecular weight excluding hydrogens is 358 g/mol. The summed E-state index contributed by atoms with van der Waals surface area (Å²) in [5.74, 6) is 2.70. The molecule has 0 aromatic heterocycles. The van der Waals surface area contributed by atoms with Crippen molar-refractivity contribution in [2.24, 2.45) is 5.92 Å². The van der Waals surface area contributed by atoms with E-state index in [1.54, 1.807) is 7.11 Å². The second-order valence-electron chi connectivity index (χ2n) is 7.71. The molecule has 3 unspecified atom stereocenters. The monoisotopic (exact) mass is 383 g/mol. The molecule has 0 saturated carbocycles. The fraction of sp³-hybridized carbons (Fsp3) is 0.231. The molecule has 0 bridgehead atoms. The molecule has 2 aliphatic rings. The Bertz CT molecular complexity index is 1030. The Morgan fingerprint density at radius 2 is 1.62 bits per heavy atom. The van der Waals surface area contributed by atoms with Gasteiger partial charge in [0.25, 0.3) is 0 Å². The number of hydrogen-bond acceptors (Lipinski definition) is 3. The van der Waals surface area contributed by atoms with Crippen LogP contribution in [-0.2, 0) is 6.61 Å². The highest BCUT2D eigenvalue weighted by molar-refractivity contribution is 5.68. The lowest BCUT2D eigenvalue weighted by atomic mass is 9.76. The van der Waals surface area contributed by atoms with Crippen molar-refractivity contribution >= 4 is 5.69 Å². The lowest BCUT2D eigenvalue weighted by Crippen LogP contribution is -2.29. The van der Waals surface area contributed by atoms with Crippen molar-refractivity contribution in [3.05, 3.63) is 102 Å². The lowest BCUT2D eigenvalue weighted by molar-refractivity contribution is 0.296. The zero-order chi connectivity index (χ0) is 19.6. The Balaban J connectivity index is 1.49. The summed E-state index contributed by atoms with van der Waals surface area (Å²) in [6.45, 7) is 0.566. The van der Waals surface area contributed by atoms with Crippen LogP contribution in [-0.4, -0.2) is 7.11 Å². The van der Waals surface area contributed by atoms with Crippen LogP contribution in [0.1, 0.15) is 35.1 Å². The standard InChI is InChI=1S/C26H25NO2/c1-28-24-16-8-14-21-19-12-7-13-20(19)25(27-26(21)24)22-11-5-6-15-23(22)29-17-18-9-3-2-4-10-18/h2-12,14-16,19-20,25,27H,13,17H2,1H3. The molecule has 1 heterocycles. The number of nitrogens with one attached hydrogen (secondary N) is 1. The maximum absolute atomic E-state index is 6.28. The summed E-state index contributed by atoms with van der Waals surface area (Å²) in [6, 6.07) is 25.2. The SMILES string of the molecule is COc1cccc2c1NC(c1ccccc1OCc1ccccc1)C1CC=CC21. The zero-order valence-corrected chi connectivity index (χ0v) is 16.5. The normalized spacial score (nSPS) is 21.8. The summed E-state index contributed by atoms with van der Waals surface area (Å²) in [4.78, 5) is 0. The minimum Gasteiger partial charge on any atom is -0.495 e. The van der Waals surface area contributed by atoms with E-state index in [1.165, 1.54) is 16.7 Å². The third-order valence-electron chi connectivity index (χ3n) is 6.07. The molecule has 0 spiro atoms. The summed E-state index contributed by atoms with van der Waals surface area (Å²) in [5.41, 5.74) is 4.80. The molecule has 0 saturated heterocycles. The molecule has 0 amide bonds. The first-order valence-corrected chi connectivity index (χ1v) is 10.2. The minimum absolute atomic E-state index is 0.172. The summed E-state index contributed by atoms with van der Waals surface area (Å²) in [5, 5.41) is 3.80. The summed E-state index contributed by atoms with van der Waals surface area (Å²) < 4.78 is 11.9. The van der Waals surface area contributed by atoms with E-state index >= 15 is 0 Å². The summed E-state index contributed by atoms with van der Waals surface area (Å²) >= 11 is 0. The maximum atomic E-state index is 6.28. The van der Waals surface area contributed by atoms with E-state index in [2.05, 4.69) is 59.9 Å². The van der Waals surface area contributed by atoms with Crippen LogP contribution >= 0.6 is 0 Å². The molecule has 0 radical (unpaired) electrons. The lowest BCUT2D eigenvalue weighted by Gasteiger charge is -2.38. The topological polar surface area (TPSA) is 30.5 Å². The maximum Gasteiger partial charge on any atom is 0.142 e. The van der Waals surface area contributed by atoms with Crippen molar-refractivity contribution in [1.82, 2.24) is 0 Å². The van der Waals surface area contributed by atoms with E-state index < -0.39 is 0 Å². The van der Waals surface area contributed by atoms with Gasteiger partial charge in [0.1, 0.15) is 18.1 Å². The van der Waals surface area contributed by atoms with Crippen molar-refractivity contribution in [3.8, 4) is 11.5 Å². The van der Waals surface area contributed by atoms with Crippen LogP contribution in [0.2, 0.25) is 0 Å². The molecule has 3 nitrogen and oxygen atoms in total. The number of ether oxygens (including phenoxy) is 2. The molecule has 1 aliphatic carbocycles. The van der Waals surface area contributed by atoms with Gasteiger partial charge in [-0.15, -0.1) is 0 Å². The fourth-order valence-electron chi connectivity index (χ4n) is 4.67. The van der Waals surface area contributed by atoms with Crippen LogP contribution in [0.5, 0.6) is 11.5 Å². The third kappa shape index (κ3) is 3.27. The first-order valence-electron chi connectivity index (χ1n) is 10.2. The Morgan fingerprint density at radius 1 is 0.862 bits per heavy atom. The van der Waals surface area contributed by atoms with E-state index in [0.717, 1.165) is 23.6 Å². The minimum atomic E-state index is 0.172. The number of hydrogen-bond donors (Lipinski definition) is 1. The largest absolute Gasteiger partial charge is 0.495 e. The predicted molar refractivity (Wildman–Crippen MR) is 117 cm³/mol. The van der Waals surface area contributed by atoms with E-state index in [-0.39, 0.29) is 6.04 Å². The van der Waals surface area contributed by atoms with Gasteiger partial charge >= 0.3 is 0 Å². The molecule has 3 aromatic rings. The van der Waals surface area contributed by atoms with E-state index in [0.29, 0.717) is 18.4 Å². The van der Waals surface area contributed by atoms with Gasteiger partial charge in [0.2, 0.25) is 0 Å². The van der Waals surface area contributed by atoms with Crippen molar-refractivity contribution in [3.63, 3.8) is 0 Å². The van der Waals surface area contributed by atoms with Gasteiger partial charge in [0, 0.05) is 11.5 Å².